The lowest BCUT2D eigenvalue weighted by Crippen LogP contribution is -2.67. The minimum Gasteiger partial charge on any atom is -0.461 e. The van der Waals surface area contributed by atoms with Crippen LogP contribution in [0.25, 0.3) is 0 Å². The molecule has 0 aromatic carbocycles. The Morgan fingerprint density at radius 3 is 2.96 bits per heavy atom. The van der Waals surface area contributed by atoms with Crippen molar-refractivity contribution in [2.24, 2.45) is 35.0 Å². The fourth-order valence-electron chi connectivity index (χ4n) is 8.50. The van der Waals surface area contributed by atoms with Gasteiger partial charge in [-0.2, -0.15) is 0 Å². The molecule has 5 nitrogen and oxygen atoms in total. The van der Waals surface area contributed by atoms with E-state index in [1.807, 2.05) is 0 Å². The molecule has 0 aromatic rings. The quantitative estimate of drug-likeness (QED) is 0.733. The zero-order valence-electron chi connectivity index (χ0n) is 15.0. The summed E-state index contributed by atoms with van der Waals surface area (Å²) in [6.45, 7) is 4.94. The van der Waals surface area contributed by atoms with Crippen LogP contribution >= 0.6 is 0 Å². The molecule has 0 radical (unpaired) electrons. The zero-order valence-corrected chi connectivity index (χ0v) is 15.0. The summed E-state index contributed by atoms with van der Waals surface area (Å²) in [5.74, 6) is 1.20. The summed E-state index contributed by atoms with van der Waals surface area (Å²) < 4.78 is 12.7. The van der Waals surface area contributed by atoms with E-state index >= 15 is 0 Å². The van der Waals surface area contributed by atoms with Gasteiger partial charge in [-0.25, -0.2) is 0 Å². The molecule has 2 spiro atoms. The average molecular weight is 347 g/mol. The molecule has 4 heterocycles. The van der Waals surface area contributed by atoms with Gasteiger partial charge in [0.1, 0.15) is 11.8 Å². The van der Waals surface area contributed by atoms with Gasteiger partial charge in [0, 0.05) is 30.3 Å². The van der Waals surface area contributed by atoms with Crippen LogP contribution in [0.3, 0.4) is 0 Å². The van der Waals surface area contributed by atoms with Crippen molar-refractivity contribution in [2.75, 3.05) is 19.7 Å². The molecule has 5 heteroatoms. The summed E-state index contributed by atoms with van der Waals surface area (Å²) in [6.07, 6.45) is 6.50. The highest BCUT2D eigenvalue weighted by Crippen LogP contribution is 2.74. The largest absolute Gasteiger partial charge is 0.461 e. The van der Waals surface area contributed by atoms with Crippen LogP contribution in [0.15, 0.2) is 0 Å². The monoisotopic (exact) mass is 347 g/mol. The summed E-state index contributed by atoms with van der Waals surface area (Å²) in [5, 5.41) is 10.4. The lowest BCUT2D eigenvalue weighted by atomic mass is 9.53. The lowest BCUT2D eigenvalue weighted by Gasteiger charge is -2.61. The van der Waals surface area contributed by atoms with Gasteiger partial charge >= 0.3 is 5.97 Å². The summed E-state index contributed by atoms with van der Waals surface area (Å²) in [6, 6.07) is 0. The fraction of sp³-hybridized carbons (Fsp3) is 0.950. The molecular weight excluding hydrogens is 318 g/mol. The number of carbonyl (C=O) groups is 1. The second-order valence-electron chi connectivity index (χ2n) is 9.63. The Kier molecular flexibility index (Phi) is 2.95. The smallest absolute Gasteiger partial charge is 0.312 e. The van der Waals surface area contributed by atoms with Gasteiger partial charge in [-0.3, -0.25) is 9.69 Å². The third-order valence-electron chi connectivity index (χ3n) is 8.93. The maximum atomic E-state index is 12.6. The molecule has 0 aromatic heterocycles. The Morgan fingerprint density at radius 2 is 2.12 bits per heavy atom. The van der Waals surface area contributed by atoms with E-state index in [2.05, 4.69) is 4.90 Å². The van der Waals surface area contributed by atoms with E-state index in [4.69, 9.17) is 9.47 Å². The van der Waals surface area contributed by atoms with Crippen LogP contribution in [-0.2, 0) is 14.3 Å². The van der Waals surface area contributed by atoms with Crippen LogP contribution in [0.2, 0.25) is 0 Å². The summed E-state index contributed by atoms with van der Waals surface area (Å²) >= 11 is 0. The first kappa shape index (κ1) is 15.4. The molecule has 25 heavy (non-hydrogen) atoms. The van der Waals surface area contributed by atoms with E-state index < -0.39 is 6.10 Å². The van der Waals surface area contributed by atoms with Gasteiger partial charge in [0.25, 0.3) is 0 Å². The van der Waals surface area contributed by atoms with Crippen molar-refractivity contribution in [3.63, 3.8) is 0 Å². The molecule has 0 amide bonds. The molecule has 10 atom stereocenters. The van der Waals surface area contributed by atoms with E-state index in [0.717, 1.165) is 32.5 Å². The maximum Gasteiger partial charge on any atom is 0.312 e. The highest BCUT2D eigenvalue weighted by Gasteiger charge is 2.78. The van der Waals surface area contributed by atoms with Gasteiger partial charge in [-0.15, -0.1) is 0 Å². The lowest BCUT2D eigenvalue weighted by molar-refractivity contribution is -0.253. The van der Waals surface area contributed by atoms with Crippen molar-refractivity contribution >= 4 is 5.97 Å². The summed E-state index contributed by atoms with van der Waals surface area (Å²) in [7, 11) is 0. The Morgan fingerprint density at radius 1 is 1.28 bits per heavy atom. The predicted octanol–water partition coefficient (Wildman–Crippen LogP) is 1.78. The molecule has 4 aliphatic heterocycles. The molecule has 138 valence electrons. The van der Waals surface area contributed by atoms with Gasteiger partial charge in [0.15, 0.2) is 0 Å². The molecule has 6 rings (SSSR count). The minimum absolute atomic E-state index is 0.0130. The number of nitrogens with zero attached hydrogens (tertiary/aromatic N) is 1. The number of ether oxygens (including phenoxy) is 2. The van der Waals surface area contributed by atoms with E-state index in [-0.39, 0.29) is 35.0 Å². The van der Waals surface area contributed by atoms with Gasteiger partial charge in [0.2, 0.25) is 0 Å². The number of fused-ring (bicyclic) bond motifs is 4. The predicted molar refractivity (Wildman–Crippen MR) is 89.4 cm³/mol. The Balaban J connectivity index is 1.55. The SMILES string of the molecule is C[C@H](O)[C@@H]1C(=O)OC2C1[C@H]1CCCN3CCC[C@]14[C@H]2C[C@H]1COC34C1. The maximum absolute atomic E-state index is 12.6. The van der Waals surface area contributed by atoms with Crippen LogP contribution in [0.1, 0.15) is 45.4 Å². The first-order valence-corrected chi connectivity index (χ1v) is 10.4. The van der Waals surface area contributed by atoms with E-state index in [9.17, 15) is 9.90 Å². The first-order valence-electron chi connectivity index (χ1n) is 10.4. The van der Waals surface area contributed by atoms with Gasteiger partial charge in [-0.05, 0) is 57.3 Å². The standard InChI is InChI=1S/C20H29NO4/c1-11(22)15-16-13-4-2-6-21-7-3-5-19(13)14(17(16)25-18(15)23)8-12-9-20(19,21)24-10-12/h11-17,22H,2-10H2,1H3/t11-,12+,13+,14-,15-,16?,17?,19+,20?/m0/s1. The van der Waals surface area contributed by atoms with E-state index in [1.54, 1.807) is 6.92 Å². The first-order chi connectivity index (χ1) is 12.1. The fourth-order valence-corrected chi connectivity index (χ4v) is 8.50. The van der Waals surface area contributed by atoms with Crippen molar-refractivity contribution in [1.82, 2.24) is 4.90 Å². The van der Waals surface area contributed by atoms with Crippen LogP contribution in [0, 0.1) is 35.0 Å². The van der Waals surface area contributed by atoms with Gasteiger partial charge < -0.3 is 14.6 Å². The van der Waals surface area contributed by atoms with Gasteiger partial charge in [0.05, 0.1) is 18.6 Å². The average Bonchev–Trinajstić information content (AvgIpc) is 3.15. The third-order valence-corrected chi connectivity index (χ3v) is 8.93. The normalized spacial score (nSPS) is 59.8. The van der Waals surface area contributed by atoms with Crippen LogP contribution in [-0.4, -0.2) is 53.6 Å². The summed E-state index contributed by atoms with van der Waals surface area (Å²) in [4.78, 5) is 15.2. The number of carbonyl (C=O) groups excluding carboxylic acids is 1. The molecule has 1 N–H and O–H groups in total. The molecule has 4 bridgehead atoms. The van der Waals surface area contributed by atoms with Crippen molar-refractivity contribution < 1.29 is 19.4 Å². The Labute approximate surface area is 149 Å². The Hall–Kier alpha value is -0.650. The zero-order chi connectivity index (χ0) is 17.0. The molecule has 4 saturated heterocycles. The number of esters is 1. The van der Waals surface area contributed by atoms with Crippen LogP contribution in [0.4, 0.5) is 0 Å². The summed E-state index contributed by atoms with van der Waals surface area (Å²) in [5.41, 5.74) is 0.0257. The van der Waals surface area contributed by atoms with Gasteiger partial charge in [-0.1, -0.05) is 0 Å². The van der Waals surface area contributed by atoms with Crippen LogP contribution < -0.4 is 0 Å². The molecule has 2 saturated carbocycles. The minimum atomic E-state index is -0.615. The molecule has 6 fully saturated rings. The van der Waals surface area contributed by atoms with Crippen molar-refractivity contribution in [2.45, 2.75) is 63.4 Å². The van der Waals surface area contributed by atoms with Crippen molar-refractivity contribution in [3.8, 4) is 0 Å². The highest BCUT2D eigenvalue weighted by molar-refractivity contribution is 5.76. The molecule has 6 aliphatic rings. The molecule has 4 unspecified atom stereocenters. The number of hydrogen-bond donors (Lipinski definition) is 1. The number of aliphatic hydroxyl groups excluding tert-OH is 1. The van der Waals surface area contributed by atoms with E-state index in [0.29, 0.717) is 17.8 Å². The number of rotatable bonds is 1. The Bertz CT molecular complexity index is 623. The number of aliphatic hydroxyl groups is 1. The molecular formula is C20H29NO4. The number of piperidine rings is 1. The van der Waals surface area contributed by atoms with Crippen molar-refractivity contribution in [3.05, 3.63) is 0 Å². The highest BCUT2D eigenvalue weighted by atomic mass is 16.6. The van der Waals surface area contributed by atoms with Crippen LogP contribution in [0.5, 0.6) is 0 Å². The second-order valence-corrected chi connectivity index (χ2v) is 9.63. The third kappa shape index (κ3) is 1.57. The topological polar surface area (TPSA) is 59.0 Å². The van der Waals surface area contributed by atoms with Crippen molar-refractivity contribution in [1.29, 1.82) is 0 Å². The van der Waals surface area contributed by atoms with E-state index in [1.165, 1.54) is 25.7 Å². The molecule has 2 aliphatic carbocycles. The second kappa shape index (κ2) is 4.79. The number of hydrogen-bond acceptors (Lipinski definition) is 5.